The van der Waals surface area contributed by atoms with Crippen molar-refractivity contribution in [3.63, 3.8) is 0 Å². The third kappa shape index (κ3) is 3.71. The normalized spacial score (nSPS) is 12.2. The molecule has 1 atom stereocenters. The monoisotopic (exact) mass is 295 g/mol. The summed E-state index contributed by atoms with van der Waals surface area (Å²) in [7, 11) is 1.48. The summed E-state index contributed by atoms with van der Waals surface area (Å²) in [6.07, 6.45) is 0. The average molecular weight is 295 g/mol. The Kier molecular flexibility index (Phi) is 4.98. The van der Waals surface area contributed by atoms with Crippen molar-refractivity contribution in [1.82, 2.24) is 0 Å². The third-order valence-corrected chi connectivity index (χ3v) is 3.98. The van der Waals surface area contributed by atoms with Crippen LogP contribution in [0.25, 0.3) is 0 Å². The Hall–Kier alpha value is -1.59. The summed E-state index contributed by atoms with van der Waals surface area (Å²) in [5.74, 6) is 0.315. The Balaban J connectivity index is 2.01. The molecule has 5 heteroatoms. The van der Waals surface area contributed by atoms with E-state index < -0.39 is 6.04 Å². The highest BCUT2D eigenvalue weighted by Gasteiger charge is 2.12. The van der Waals surface area contributed by atoms with E-state index >= 15 is 0 Å². The number of benzene rings is 2. The Morgan fingerprint density at radius 2 is 1.85 bits per heavy atom. The predicted octanol–water partition coefficient (Wildman–Crippen LogP) is 3.77. The number of rotatable bonds is 5. The number of hydrogen-bond donors (Lipinski definition) is 1. The topological polar surface area (TPSA) is 35.2 Å². The van der Waals surface area contributed by atoms with Gasteiger partial charge in [-0.05, 0) is 30.3 Å². The quantitative estimate of drug-likeness (QED) is 0.853. The maximum atomic E-state index is 13.8. The van der Waals surface area contributed by atoms with Gasteiger partial charge in [0.15, 0.2) is 0 Å². The number of nitrogens with two attached hydrogens (primary N) is 1. The van der Waals surface area contributed by atoms with E-state index in [0.29, 0.717) is 17.1 Å². The molecule has 2 aromatic carbocycles. The minimum atomic E-state index is -0.434. The zero-order chi connectivity index (χ0) is 14.5. The fraction of sp³-hybridized carbons (Fsp3) is 0.200. The summed E-state index contributed by atoms with van der Waals surface area (Å²) >= 11 is 1.46. The molecule has 0 fully saturated rings. The predicted molar refractivity (Wildman–Crippen MR) is 77.0 cm³/mol. The highest BCUT2D eigenvalue weighted by Crippen LogP contribution is 2.26. The van der Waals surface area contributed by atoms with Crippen LogP contribution >= 0.6 is 11.8 Å². The number of thioether (sulfide) groups is 1. The van der Waals surface area contributed by atoms with Gasteiger partial charge in [0.1, 0.15) is 17.4 Å². The van der Waals surface area contributed by atoms with E-state index in [4.69, 9.17) is 10.5 Å². The van der Waals surface area contributed by atoms with Crippen LogP contribution in [0.3, 0.4) is 0 Å². The third-order valence-electron chi connectivity index (χ3n) is 2.85. The maximum Gasteiger partial charge on any atom is 0.131 e. The smallest absolute Gasteiger partial charge is 0.131 e. The van der Waals surface area contributed by atoms with Gasteiger partial charge in [-0.2, -0.15) is 0 Å². The molecule has 0 aliphatic heterocycles. The summed E-state index contributed by atoms with van der Waals surface area (Å²) in [4.78, 5) is 0.899. The zero-order valence-corrected chi connectivity index (χ0v) is 11.8. The molecule has 0 radical (unpaired) electrons. The van der Waals surface area contributed by atoms with Crippen LogP contribution in [-0.4, -0.2) is 12.9 Å². The molecule has 0 saturated heterocycles. The van der Waals surface area contributed by atoms with Gasteiger partial charge in [-0.1, -0.05) is 6.07 Å². The number of halogens is 2. The van der Waals surface area contributed by atoms with Gasteiger partial charge < -0.3 is 10.5 Å². The Bertz CT molecular complexity index is 575. The second-order valence-electron chi connectivity index (χ2n) is 4.26. The van der Waals surface area contributed by atoms with E-state index in [2.05, 4.69) is 0 Å². The van der Waals surface area contributed by atoms with Gasteiger partial charge in [-0.3, -0.25) is 0 Å². The second kappa shape index (κ2) is 6.72. The Labute approximate surface area is 120 Å². The van der Waals surface area contributed by atoms with Crippen LogP contribution in [0.1, 0.15) is 11.6 Å². The fourth-order valence-electron chi connectivity index (χ4n) is 1.74. The van der Waals surface area contributed by atoms with Crippen molar-refractivity contribution in [3.8, 4) is 5.75 Å². The van der Waals surface area contributed by atoms with E-state index in [0.717, 1.165) is 4.90 Å². The van der Waals surface area contributed by atoms with Gasteiger partial charge in [0.25, 0.3) is 0 Å². The lowest BCUT2D eigenvalue weighted by molar-refractivity contribution is 0.410. The van der Waals surface area contributed by atoms with E-state index in [9.17, 15) is 8.78 Å². The number of ether oxygens (including phenoxy) is 1. The minimum Gasteiger partial charge on any atom is -0.497 e. The van der Waals surface area contributed by atoms with Crippen molar-refractivity contribution >= 4 is 11.8 Å². The molecule has 2 rings (SSSR count). The Morgan fingerprint density at radius 1 is 1.15 bits per heavy atom. The number of hydrogen-bond acceptors (Lipinski definition) is 3. The first kappa shape index (κ1) is 14.8. The Morgan fingerprint density at radius 3 is 2.45 bits per heavy atom. The van der Waals surface area contributed by atoms with Crippen LogP contribution in [0.2, 0.25) is 0 Å². The molecule has 0 aliphatic carbocycles. The minimum absolute atomic E-state index is 0.278. The number of methoxy groups -OCH3 is 1. The highest BCUT2D eigenvalue weighted by molar-refractivity contribution is 7.99. The summed E-state index contributed by atoms with van der Waals surface area (Å²) in [6.45, 7) is 0. The van der Waals surface area contributed by atoms with Gasteiger partial charge in [-0.25, -0.2) is 8.78 Å². The van der Waals surface area contributed by atoms with Crippen molar-refractivity contribution in [2.75, 3.05) is 12.9 Å². The average Bonchev–Trinajstić information content (AvgIpc) is 2.46. The van der Waals surface area contributed by atoms with Crippen LogP contribution < -0.4 is 10.5 Å². The van der Waals surface area contributed by atoms with Crippen molar-refractivity contribution in [1.29, 1.82) is 0 Å². The zero-order valence-electron chi connectivity index (χ0n) is 11.0. The standard InChI is InChI=1S/C15H15F2NOS/c1-19-11-4-7-13(14(17)8-11)15(18)9-20-12-5-2-10(16)3-6-12/h2-8,15H,9,18H2,1H3. The van der Waals surface area contributed by atoms with Gasteiger partial charge in [0, 0.05) is 28.3 Å². The van der Waals surface area contributed by atoms with Gasteiger partial charge in [0.05, 0.1) is 7.11 Å². The lowest BCUT2D eigenvalue weighted by Crippen LogP contribution is -2.14. The molecule has 0 amide bonds. The summed E-state index contributed by atoms with van der Waals surface area (Å²) in [6, 6.07) is 10.3. The molecule has 0 spiro atoms. The molecule has 2 N–H and O–H groups in total. The molecule has 106 valence electrons. The maximum absolute atomic E-state index is 13.8. The van der Waals surface area contributed by atoms with E-state index in [1.54, 1.807) is 24.3 Å². The SMILES string of the molecule is COc1ccc(C(N)CSc2ccc(F)cc2)c(F)c1. The van der Waals surface area contributed by atoms with Crippen molar-refractivity contribution in [2.24, 2.45) is 5.73 Å². The molecule has 2 aromatic rings. The van der Waals surface area contributed by atoms with E-state index in [1.165, 1.54) is 37.1 Å². The van der Waals surface area contributed by atoms with Crippen LogP contribution in [0, 0.1) is 11.6 Å². The van der Waals surface area contributed by atoms with E-state index in [1.807, 2.05) is 0 Å². The van der Waals surface area contributed by atoms with Crippen LogP contribution in [0.5, 0.6) is 5.75 Å². The lowest BCUT2D eigenvalue weighted by atomic mass is 10.1. The molecule has 0 heterocycles. The first-order chi connectivity index (χ1) is 9.60. The molecule has 0 bridgehead atoms. The molecule has 1 unspecified atom stereocenters. The lowest BCUT2D eigenvalue weighted by Gasteiger charge is -2.13. The van der Waals surface area contributed by atoms with Crippen molar-refractivity contribution in [2.45, 2.75) is 10.9 Å². The van der Waals surface area contributed by atoms with Gasteiger partial charge >= 0.3 is 0 Å². The van der Waals surface area contributed by atoms with Crippen LogP contribution in [0.15, 0.2) is 47.4 Å². The first-order valence-electron chi connectivity index (χ1n) is 6.07. The first-order valence-corrected chi connectivity index (χ1v) is 7.06. The summed E-state index contributed by atoms with van der Waals surface area (Å²) in [5.41, 5.74) is 6.43. The van der Waals surface area contributed by atoms with Crippen LogP contribution in [-0.2, 0) is 0 Å². The molecule has 0 saturated carbocycles. The fourth-order valence-corrected chi connectivity index (χ4v) is 2.62. The molecular weight excluding hydrogens is 280 g/mol. The van der Waals surface area contributed by atoms with E-state index in [-0.39, 0.29) is 11.6 Å². The summed E-state index contributed by atoms with van der Waals surface area (Å²) in [5, 5.41) is 0. The van der Waals surface area contributed by atoms with Crippen LogP contribution in [0.4, 0.5) is 8.78 Å². The molecular formula is C15H15F2NOS. The highest BCUT2D eigenvalue weighted by atomic mass is 32.2. The largest absolute Gasteiger partial charge is 0.497 e. The van der Waals surface area contributed by atoms with Crippen molar-refractivity contribution < 1.29 is 13.5 Å². The molecule has 20 heavy (non-hydrogen) atoms. The van der Waals surface area contributed by atoms with Gasteiger partial charge in [0.2, 0.25) is 0 Å². The van der Waals surface area contributed by atoms with Gasteiger partial charge in [-0.15, -0.1) is 11.8 Å². The molecule has 2 nitrogen and oxygen atoms in total. The molecule has 0 aromatic heterocycles. The molecule has 0 aliphatic rings. The van der Waals surface area contributed by atoms with Crippen molar-refractivity contribution in [3.05, 3.63) is 59.7 Å². The second-order valence-corrected chi connectivity index (χ2v) is 5.35. The summed E-state index contributed by atoms with van der Waals surface area (Å²) < 4.78 is 31.6.